The van der Waals surface area contributed by atoms with E-state index in [1.54, 1.807) is 45.3 Å². The molecule has 158 valence electrons. The van der Waals surface area contributed by atoms with Crippen LogP contribution in [0.2, 0.25) is 0 Å². The van der Waals surface area contributed by atoms with Crippen LogP contribution in [0.1, 0.15) is 29.8 Å². The maximum atomic E-state index is 12.3. The van der Waals surface area contributed by atoms with Crippen molar-refractivity contribution < 1.29 is 24.0 Å². The molecule has 30 heavy (non-hydrogen) atoms. The third-order valence-corrected chi connectivity index (χ3v) is 4.15. The molecule has 8 heteroatoms. The number of rotatable bonds is 9. The molecule has 0 bridgehead atoms. The normalized spacial score (nSPS) is 11.7. The highest BCUT2D eigenvalue weighted by Gasteiger charge is 2.18. The Hall–Kier alpha value is -3.68. The molecule has 0 fully saturated rings. The van der Waals surface area contributed by atoms with Gasteiger partial charge < -0.3 is 14.4 Å². The van der Waals surface area contributed by atoms with Crippen molar-refractivity contribution in [3.8, 4) is 11.5 Å². The predicted molar refractivity (Wildman–Crippen MR) is 113 cm³/mol. The molecule has 8 nitrogen and oxygen atoms in total. The zero-order chi connectivity index (χ0) is 22.3. The van der Waals surface area contributed by atoms with E-state index in [4.69, 9.17) is 9.47 Å². The second kappa shape index (κ2) is 10.2. The van der Waals surface area contributed by atoms with Gasteiger partial charge in [0.15, 0.2) is 23.4 Å². The van der Waals surface area contributed by atoms with E-state index in [0.29, 0.717) is 29.2 Å². The Balaban J connectivity index is 2.17. The lowest BCUT2D eigenvalue weighted by Gasteiger charge is -2.20. The number of nitro benzene ring substituents is 1. The summed E-state index contributed by atoms with van der Waals surface area (Å²) >= 11 is 0. The molecule has 0 aromatic heterocycles. The van der Waals surface area contributed by atoms with Gasteiger partial charge in [-0.25, -0.2) is 0 Å². The van der Waals surface area contributed by atoms with Gasteiger partial charge in [0.25, 0.3) is 11.6 Å². The summed E-state index contributed by atoms with van der Waals surface area (Å²) in [5.74, 6) is 0.433. The van der Waals surface area contributed by atoms with Crippen molar-refractivity contribution in [3.05, 3.63) is 69.8 Å². The fourth-order valence-electron chi connectivity index (χ4n) is 2.61. The molecule has 0 spiro atoms. The molecule has 0 unspecified atom stereocenters. The minimum atomic E-state index is -0.677. The van der Waals surface area contributed by atoms with E-state index in [9.17, 15) is 19.7 Å². The molecule has 0 saturated carbocycles. The maximum Gasteiger partial charge on any atom is 0.269 e. The van der Waals surface area contributed by atoms with Crippen molar-refractivity contribution in [3.63, 3.8) is 0 Å². The average Bonchev–Trinajstić information content (AvgIpc) is 2.73. The Kier molecular flexibility index (Phi) is 7.69. The number of carbonyl (C=O) groups excluding carboxylic acids is 2. The Bertz CT molecular complexity index is 951. The first-order chi connectivity index (χ1) is 14.2. The predicted octanol–water partition coefficient (Wildman–Crippen LogP) is 3.75. The van der Waals surface area contributed by atoms with E-state index < -0.39 is 11.0 Å². The average molecular weight is 412 g/mol. The maximum absolute atomic E-state index is 12.3. The van der Waals surface area contributed by atoms with Crippen molar-refractivity contribution in [2.24, 2.45) is 0 Å². The Morgan fingerprint density at radius 3 is 2.37 bits per heavy atom. The number of non-ortho nitro benzene ring substituents is 1. The van der Waals surface area contributed by atoms with Crippen molar-refractivity contribution in [1.29, 1.82) is 0 Å². The van der Waals surface area contributed by atoms with E-state index in [1.165, 1.54) is 35.2 Å². The topological polar surface area (TPSA) is 99.0 Å². The van der Waals surface area contributed by atoms with Gasteiger partial charge in [-0.3, -0.25) is 19.7 Å². The van der Waals surface area contributed by atoms with Gasteiger partial charge in [0.1, 0.15) is 0 Å². The molecule has 0 N–H and O–H groups in total. The van der Waals surface area contributed by atoms with Crippen molar-refractivity contribution in [2.45, 2.75) is 20.0 Å². The lowest BCUT2D eigenvalue weighted by Crippen LogP contribution is -2.35. The first-order valence-corrected chi connectivity index (χ1v) is 9.34. The fraction of sp³-hybridized carbons (Fsp3) is 0.273. The van der Waals surface area contributed by atoms with Crippen LogP contribution in [-0.4, -0.2) is 48.3 Å². The van der Waals surface area contributed by atoms with E-state index in [2.05, 4.69) is 0 Å². The van der Waals surface area contributed by atoms with Crippen LogP contribution in [0.25, 0.3) is 6.08 Å². The Morgan fingerprint density at radius 1 is 1.13 bits per heavy atom. The number of likely N-dealkylation sites (N-methyl/N-ethyl adjacent to an activating group) is 1. The molecule has 0 aliphatic carbocycles. The highest BCUT2D eigenvalue weighted by molar-refractivity contribution is 6.06. The van der Waals surface area contributed by atoms with E-state index in [-0.39, 0.29) is 17.4 Å². The molecule has 0 radical (unpaired) electrons. The van der Waals surface area contributed by atoms with Gasteiger partial charge >= 0.3 is 0 Å². The van der Waals surface area contributed by atoms with Gasteiger partial charge in [-0.05, 0) is 49.8 Å². The van der Waals surface area contributed by atoms with Crippen molar-refractivity contribution in [1.82, 2.24) is 4.90 Å². The van der Waals surface area contributed by atoms with Gasteiger partial charge in [0.05, 0.1) is 11.5 Å². The number of allylic oxidation sites excluding steroid dienone is 1. The summed E-state index contributed by atoms with van der Waals surface area (Å²) in [5.41, 5.74) is 0.972. The molecule has 2 rings (SSSR count). The fourth-order valence-corrected chi connectivity index (χ4v) is 2.61. The minimum Gasteiger partial charge on any atom is -0.490 e. The molecule has 0 saturated heterocycles. The van der Waals surface area contributed by atoms with Crippen LogP contribution < -0.4 is 9.47 Å². The minimum absolute atomic E-state index is 0.0746. The van der Waals surface area contributed by atoms with Crippen LogP contribution in [0.15, 0.2) is 48.5 Å². The smallest absolute Gasteiger partial charge is 0.269 e. The number of nitrogens with zero attached hydrogens (tertiary/aromatic N) is 2. The number of hydrogen-bond donors (Lipinski definition) is 0. The zero-order valence-electron chi connectivity index (χ0n) is 17.3. The first kappa shape index (κ1) is 22.6. The van der Waals surface area contributed by atoms with Crippen LogP contribution in [0, 0.1) is 10.1 Å². The van der Waals surface area contributed by atoms with Gasteiger partial charge in [0, 0.05) is 31.8 Å². The van der Waals surface area contributed by atoms with Crippen LogP contribution in [0.5, 0.6) is 11.5 Å². The summed E-state index contributed by atoms with van der Waals surface area (Å²) in [6, 6.07) is 10.5. The molecule has 0 aliphatic rings. The zero-order valence-corrected chi connectivity index (χ0v) is 17.3. The second-order valence-electron chi connectivity index (χ2n) is 6.63. The second-order valence-corrected chi connectivity index (χ2v) is 6.63. The molecular formula is C22H24N2O6. The molecule has 1 atom stereocenters. The molecule has 0 aliphatic heterocycles. The van der Waals surface area contributed by atoms with Crippen molar-refractivity contribution in [2.75, 3.05) is 20.7 Å². The largest absolute Gasteiger partial charge is 0.490 e. The summed E-state index contributed by atoms with van der Waals surface area (Å²) in [4.78, 5) is 36.0. The molecule has 2 aromatic carbocycles. The summed E-state index contributed by atoms with van der Waals surface area (Å²) in [6.07, 6.45) is 2.32. The first-order valence-electron chi connectivity index (χ1n) is 9.34. The highest BCUT2D eigenvalue weighted by atomic mass is 16.6. The van der Waals surface area contributed by atoms with Crippen LogP contribution in [0.3, 0.4) is 0 Å². The number of ketones is 1. The van der Waals surface area contributed by atoms with Gasteiger partial charge in [-0.1, -0.05) is 12.1 Å². The van der Waals surface area contributed by atoms with Crippen LogP contribution in [-0.2, 0) is 4.79 Å². The van der Waals surface area contributed by atoms with Crippen molar-refractivity contribution >= 4 is 23.5 Å². The summed E-state index contributed by atoms with van der Waals surface area (Å²) < 4.78 is 11.4. The molecular weight excluding hydrogens is 388 g/mol. The molecule has 0 heterocycles. The summed E-state index contributed by atoms with van der Waals surface area (Å²) in [7, 11) is 3.31. The third-order valence-electron chi connectivity index (χ3n) is 4.15. The number of benzene rings is 2. The Labute approximate surface area is 174 Å². The van der Waals surface area contributed by atoms with Crippen LogP contribution in [0.4, 0.5) is 5.69 Å². The Morgan fingerprint density at radius 2 is 1.80 bits per heavy atom. The lowest BCUT2D eigenvalue weighted by molar-refractivity contribution is -0.384. The quantitative estimate of drug-likeness (QED) is 0.269. The van der Waals surface area contributed by atoms with Gasteiger partial charge in [-0.15, -0.1) is 0 Å². The number of nitro groups is 1. The molecule has 1 amide bonds. The molecule has 2 aromatic rings. The SMILES string of the molecule is CCOc1cc(/C=C/C(=O)c2ccc([N+](=O)[O-])cc2)ccc1O[C@@H](C)C(=O)N(C)C. The van der Waals surface area contributed by atoms with Gasteiger partial charge in [-0.2, -0.15) is 0 Å². The highest BCUT2D eigenvalue weighted by Crippen LogP contribution is 2.30. The monoisotopic (exact) mass is 412 g/mol. The van der Waals surface area contributed by atoms with E-state index in [0.717, 1.165) is 0 Å². The van der Waals surface area contributed by atoms with E-state index >= 15 is 0 Å². The standard InChI is InChI=1S/C22H24N2O6/c1-5-29-21-14-16(7-13-20(21)30-15(2)22(26)23(3)4)6-12-19(25)17-8-10-18(11-9-17)24(27)28/h6-15H,5H2,1-4H3/b12-6+/t15-/m0/s1. The van der Waals surface area contributed by atoms with Gasteiger partial charge in [0.2, 0.25) is 0 Å². The summed E-state index contributed by atoms with van der Waals surface area (Å²) in [5, 5.41) is 10.7. The van der Waals surface area contributed by atoms with E-state index in [1.807, 2.05) is 6.92 Å². The number of ether oxygens (including phenoxy) is 2. The van der Waals surface area contributed by atoms with Crippen LogP contribution >= 0.6 is 0 Å². The number of carbonyl (C=O) groups is 2. The summed E-state index contributed by atoms with van der Waals surface area (Å²) in [6.45, 7) is 3.90. The number of amides is 1. The lowest BCUT2D eigenvalue weighted by atomic mass is 10.1. The number of hydrogen-bond acceptors (Lipinski definition) is 6. The third kappa shape index (κ3) is 5.91.